The molecule has 0 aliphatic rings. The average molecular weight is 506 g/mol. The number of nitrogens with one attached hydrogen (secondary N) is 1. The van der Waals surface area contributed by atoms with Gasteiger partial charge in [0.15, 0.2) is 0 Å². The summed E-state index contributed by atoms with van der Waals surface area (Å²) in [4.78, 5) is 24.1. The van der Waals surface area contributed by atoms with Crippen molar-refractivity contribution >= 4 is 27.3 Å². The van der Waals surface area contributed by atoms with Crippen molar-refractivity contribution in [3.05, 3.63) is 62.7 Å². The molecule has 0 aliphatic carbocycles. The van der Waals surface area contributed by atoms with E-state index in [9.17, 15) is 23.3 Å². The molecule has 0 spiro atoms. The summed E-state index contributed by atoms with van der Waals surface area (Å²) in [6.45, 7) is 11.2. The SMILES string of the molecule is CCC(C(=O)NC(C)c1cc(C(C)C)c(OC)cc1C)N(c1cc([N+](=O)[O-])ccc1C)S(C)(=O)=O. The maximum Gasteiger partial charge on any atom is 0.271 e. The Morgan fingerprint density at radius 1 is 1.11 bits per heavy atom. The van der Waals surface area contributed by atoms with E-state index in [1.165, 1.54) is 18.2 Å². The number of sulfonamides is 1. The van der Waals surface area contributed by atoms with E-state index in [1.54, 1.807) is 21.0 Å². The lowest BCUT2D eigenvalue weighted by Gasteiger charge is -2.32. The van der Waals surface area contributed by atoms with Crippen LogP contribution in [0, 0.1) is 24.0 Å². The molecular weight excluding hydrogens is 470 g/mol. The molecule has 0 aliphatic heterocycles. The number of benzene rings is 2. The van der Waals surface area contributed by atoms with Gasteiger partial charge in [0.05, 0.1) is 30.0 Å². The van der Waals surface area contributed by atoms with Crippen LogP contribution in [0.4, 0.5) is 11.4 Å². The van der Waals surface area contributed by atoms with Crippen molar-refractivity contribution in [1.29, 1.82) is 0 Å². The van der Waals surface area contributed by atoms with Gasteiger partial charge in [0.25, 0.3) is 5.69 Å². The minimum absolute atomic E-state index is 0.110. The summed E-state index contributed by atoms with van der Waals surface area (Å²) in [7, 11) is -2.32. The fourth-order valence-corrected chi connectivity index (χ4v) is 5.44. The number of aryl methyl sites for hydroxylation is 2. The van der Waals surface area contributed by atoms with Crippen molar-refractivity contribution < 1.29 is 22.9 Å². The largest absolute Gasteiger partial charge is 0.496 e. The second-order valence-electron chi connectivity index (χ2n) is 9.05. The van der Waals surface area contributed by atoms with Crippen LogP contribution < -0.4 is 14.4 Å². The van der Waals surface area contributed by atoms with E-state index < -0.39 is 32.9 Å². The smallest absolute Gasteiger partial charge is 0.271 e. The molecule has 10 heteroatoms. The molecule has 1 N–H and O–H groups in total. The van der Waals surface area contributed by atoms with Crippen molar-refractivity contribution in [2.45, 2.75) is 66.0 Å². The van der Waals surface area contributed by atoms with Crippen LogP contribution in [0.2, 0.25) is 0 Å². The highest BCUT2D eigenvalue weighted by Gasteiger charge is 2.34. The number of ether oxygens (including phenoxy) is 1. The molecule has 0 aromatic heterocycles. The third-order valence-electron chi connectivity index (χ3n) is 6.04. The Hall–Kier alpha value is -3.14. The maximum absolute atomic E-state index is 13.4. The van der Waals surface area contributed by atoms with Crippen molar-refractivity contribution in [2.24, 2.45) is 0 Å². The lowest BCUT2D eigenvalue weighted by molar-refractivity contribution is -0.384. The molecule has 0 saturated carbocycles. The van der Waals surface area contributed by atoms with Gasteiger partial charge in [-0.05, 0) is 67.5 Å². The van der Waals surface area contributed by atoms with Crippen LogP contribution in [0.3, 0.4) is 0 Å². The zero-order valence-electron chi connectivity index (χ0n) is 21.6. The zero-order valence-corrected chi connectivity index (χ0v) is 22.4. The van der Waals surface area contributed by atoms with Gasteiger partial charge in [-0.1, -0.05) is 26.8 Å². The van der Waals surface area contributed by atoms with E-state index in [-0.39, 0.29) is 23.7 Å². The molecule has 192 valence electrons. The predicted octanol–water partition coefficient (Wildman–Crippen LogP) is 4.77. The minimum atomic E-state index is -3.94. The van der Waals surface area contributed by atoms with E-state index in [1.807, 2.05) is 26.0 Å². The molecular formula is C25H35N3O6S. The average Bonchev–Trinajstić information content (AvgIpc) is 2.76. The third-order valence-corrected chi connectivity index (χ3v) is 7.20. The number of hydrogen-bond acceptors (Lipinski definition) is 6. The summed E-state index contributed by atoms with van der Waals surface area (Å²) in [5, 5.41) is 14.3. The van der Waals surface area contributed by atoms with Gasteiger partial charge < -0.3 is 10.1 Å². The first-order valence-electron chi connectivity index (χ1n) is 11.5. The molecule has 2 aromatic rings. The third kappa shape index (κ3) is 6.30. The number of rotatable bonds is 10. The van der Waals surface area contributed by atoms with Crippen LogP contribution in [-0.4, -0.2) is 38.7 Å². The number of hydrogen-bond donors (Lipinski definition) is 1. The summed E-state index contributed by atoms with van der Waals surface area (Å²) in [6.07, 6.45) is 1.17. The van der Waals surface area contributed by atoms with Crippen LogP contribution in [0.15, 0.2) is 30.3 Å². The number of nitro groups is 1. The first-order chi connectivity index (χ1) is 16.2. The number of carbonyl (C=O) groups excluding carboxylic acids is 1. The summed E-state index contributed by atoms with van der Waals surface area (Å²) < 4.78 is 32.2. The highest BCUT2D eigenvalue weighted by Crippen LogP contribution is 2.33. The van der Waals surface area contributed by atoms with Crippen molar-refractivity contribution in [2.75, 3.05) is 17.7 Å². The van der Waals surface area contributed by atoms with Gasteiger partial charge in [0, 0.05) is 12.1 Å². The highest BCUT2D eigenvalue weighted by atomic mass is 32.2. The van der Waals surface area contributed by atoms with Crippen LogP contribution in [0.25, 0.3) is 0 Å². The summed E-state index contributed by atoms with van der Waals surface area (Å²) in [6, 6.07) is 6.42. The monoisotopic (exact) mass is 505 g/mol. The Morgan fingerprint density at radius 3 is 2.23 bits per heavy atom. The number of amides is 1. The molecule has 2 atom stereocenters. The van der Waals surface area contributed by atoms with E-state index in [0.29, 0.717) is 5.56 Å². The molecule has 0 heterocycles. The second-order valence-corrected chi connectivity index (χ2v) is 10.9. The first-order valence-corrected chi connectivity index (χ1v) is 13.3. The van der Waals surface area contributed by atoms with E-state index >= 15 is 0 Å². The van der Waals surface area contributed by atoms with Crippen LogP contribution in [-0.2, 0) is 14.8 Å². The Bertz CT molecular complexity index is 1210. The molecule has 9 nitrogen and oxygen atoms in total. The van der Waals surface area contributed by atoms with E-state index in [0.717, 1.165) is 33.0 Å². The van der Waals surface area contributed by atoms with Crippen molar-refractivity contribution in [3.8, 4) is 5.75 Å². The molecule has 2 rings (SSSR count). The molecule has 0 fully saturated rings. The topological polar surface area (TPSA) is 119 Å². The van der Waals surface area contributed by atoms with E-state index in [2.05, 4.69) is 19.2 Å². The quantitative estimate of drug-likeness (QED) is 0.367. The van der Waals surface area contributed by atoms with Gasteiger partial charge in [-0.25, -0.2) is 8.42 Å². The molecule has 0 saturated heterocycles. The number of nitro benzene ring substituents is 1. The van der Waals surface area contributed by atoms with Gasteiger partial charge in [0.2, 0.25) is 15.9 Å². The summed E-state index contributed by atoms with van der Waals surface area (Å²) in [5.74, 6) is 0.487. The number of carbonyl (C=O) groups is 1. The minimum Gasteiger partial charge on any atom is -0.496 e. The van der Waals surface area contributed by atoms with Crippen LogP contribution in [0.5, 0.6) is 5.75 Å². The maximum atomic E-state index is 13.4. The van der Waals surface area contributed by atoms with Gasteiger partial charge in [0.1, 0.15) is 11.8 Å². The van der Waals surface area contributed by atoms with Gasteiger partial charge in [-0.2, -0.15) is 0 Å². The van der Waals surface area contributed by atoms with Gasteiger partial charge >= 0.3 is 0 Å². The van der Waals surface area contributed by atoms with Gasteiger partial charge in [-0.3, -0.25) is 19.2 Å². The lowest BCUT2D eigenvalue weighted by atomic mass is 9.93. The Kier molecular flexibility index (Phi) is 8.89. The first kappa shape index (κ1) is 28.1. The molecule has 2 aromatic carbocycles. The Morgan fingerprint density at radius 2 is 1.74 bits per heavy atom. The summed E-state index contributed by atoms with van der Waals surface area (Å²) >= 11 is 0. The standard InChI is InChI=1S/C25H35N3O6S/c1-9-22(27(35(8,32)33)23-13-19(28(30)31)11-10-16(23)4)25(29)26-18(6)21-14-20(15(2)3)24(34-7)12-17(21)5/h10-15,18,22H,9H2,1-8H3,(H,26,29). The predicted molar refractivity (Wildman–Crippen MR) is 138 cm³/mol. The zero-order chi connectivity index (χ0) is 26.7. The van der Waals surface area contributed by atoms with Gasteiger partial charge in [-0.15, -0.1) is 0 Å². The molecule has 0 radical (unpaired) electrons. The molecule has 35 heavy (non-hydrogen) atoms. The highest BCUT2D eigenvalue weighted by molar-refractivity contribution is 7.92. The van der Waals surface area contributed by atoms with Crippen LogP contribution >= 0.6 is 0 Å². The number of non-ortho nitro benzene ring substituents is 1. The fourth-order valence-electron chi connectivity index (χ4n) is 4.18. The Labute approximate surface area is 207 Å². The Balaban J connectivity index is 2.48. The number of nitrogens with zero attached hydrogens (tertiary/aromatic N) is 2. The molecule has 1 amide bonds. The molecule has 2 unspecified atom stereocenters. The number of methoxy groups -OCH3 is 1. The van der Waals surface area contributed by atoms with Crippen molar-refractivity contribution in [3.63, 3.8) is 0 Å². The van der Waals surface area contributed by atoms with E-state index in [4.69, 9.17) is 4.74 Å². The lowest BCUT2D eigenvalue weighted by Crippen LogP contribution is -2.50. The molecule has 0 bridgehead atoms. The normalized spacial score (nSPS) is 13.3. The second kappa shape index (κ2) is 11.1. The number of anilines is 1. The van der Waals surface area contributed by atoms with Crippen LogP contribution in [0.1, 0.15) is 68.3 Å². The van der Waals surface area contributed by atoms with Crippen molar-refractivity contribution in [1.82, 2.24) is 5.32 Å². The fraction of sp³-hybridized carbons (Fsp3) is 0.480. The summed E-state index contributed by atoms with van der Waals surface area (Å²) in [5.41, 5.74) is 3.20.